The van der Waals surface area contributed by atoms with Gasteiger partial charge in [-0.25, -0.2) is 4.98 Å². The van der Waals surface area contributed by atoms with Gasteiger partial charge in [-0.2, -0.15) is 0 Å². The van der Waals surface area contributed by atoms with E-state index >= 15 is 0 Å². The van der Waals surface area contributed by atoms with Gasteiger partial charge in [-0.3, -0.25) is 4.79 Å². The molecule has 1 aromatic carbocycles. The molecule has 1 aromatic heterocycles. The normalized spacial score (nSPS) is 11.3. The van der Waals surface area contributed by atoms with Gasteiger partial charge in [0.05, 0.1) is 15.8 Å². The minimum Gasteiger partial charge on any atom is -0.375 e. The molecule has 2 aromatic rings. The fraction of sp³-hybridized carbons (Fsp3) is 0.286. The van der Waals surface area contributed by atoms with Crippen molar-refractivity contribution >= 4 is 39.8 Å². The second-order valence-corrected chi connectivity index (χ2v) is 7.35. The number of hydrogen-bond acceptors (Lipinski definition) is 5. The number of aromatic nitrogens is 1. The van der Waals surface area contributed by atoms with Crippen LogP contribution in [0.4, 0.5) is 10.8 Å². The summed E-state index contributed by atoms with van der Waals surface area (Å²) in [4.78, 5) is 16.3. The van der Waals surface area contributed by atoms with E-state index in [2.05, 4.69) is 10.3 Å². The lowest BCUT2D eigenvalue weighted by Crippen LogP contribution is -2.32. The van der Waals surface area contributed by atoms with Crippen LogP contribution in [-0.4, -0.2) is 16.6 Å². The first kappa shape index (κ1) is 14.9. The number of benzene rings is 1. The van der Waals surface area contributed by atoms with Crippen molar-refractivity contribution in [2.75, 3.05) is 16.8 Å². The lowest BCUT2D eigenvalue weighted by molar-refractivity contribution is -0.122. The molecule has 0 fully saturated rings. The van der Waals surface area contributed by atoms with Gasteiger partial charge >= 0.3 is 0 Å². The van der Waals surface area contributed by atoms with Crippen molar-refractivity contribution in [2.45, 2.75) is 18.1 Å². The summed E-state index contributed by atoms with van der Waals surface area (Å²) < 4.78 is 1.03. The Balaban J connectivity index is 1.93. The van der Waals surface area contributed by atoms with Gasteiger partial charge in [0.1, 0.15) is 0 Å². The number of nitrogens with zero attached hydrogens (tertiary/aromatic N) is 1. The van der Waals surface area contributed by atoms with Gasteiger partial charge in [0.25, 0.3) is 0 Å². The molecule has 6 heteroatoms. The highest BCUT2D eigenvalue weighted by Gasteiger charge is 2.28. The van der Waals surface area contributed by atoms with Crippen molar-refractivity contribution in [3.63, 3.8) is 0 Å². The summed E-state index contributed by atoms with van der Waals surface area (Å²) in [6.45, 7) is 3.87. The predicted molar refractivity (Wildman–Crippen MR) is 86.1 cm³/mol. The van der Waals surface area contributed by atoms with Crippen LogP contribution in [0, 0.1) is 5.41 Å². The number of nitrogens with two attached hydrogens (primary N) is 1. The molecule has 1 heterocycles. The molecule has 0 spiro atoms. The standard InChI is InChI=1S/C14H17N3OS2/c1-14(2,9-19-11-8-16-13(15)20-11)12(18)17-10-6-4-3-5-7-10/h3-8H,9H2,1-2H3,(H2,15,16)(H,17,18). The third-order valence-corrected chi connectivity index (χ3v) is 5.20. The molecule has 0 aliphatic rings. The summed E-state index contributed by atoms with van der Waals surface area (Å²) in [6, 6.07) is 9.48. The molecule has 0 unspecified atom stereocenters. The minimum atomic E-state index is -0.473. The largest absolute Gasteiger partial charge is 0.375 e. The van der Waals surface area contributed by atoms with Crippen LogP contribution in [0.3, 0.4) is 0 Å². The number of hydrogen-bond donors (Lipinski definition) is 2. The second kappa shape index (κ2) is 6.28. The Bertz CT molecular complexity index is 581. The summed E-state index contributed by atoms with van der Waals surface area (Å²) >= 11 is 3.04. The Hall–Kier alpha value is -1.53. The number of carbonyl (C=O) groups is 1. The Labute approximate surface area is 126 Å². The summed E-state index contributed by atoms with van der Waals surface area (Å²) in [5, 5.41) is 3.49. The highest BCUT2D eigenvalue weighted by atomic mass is 32.2. The molecule has 4 nitrogen and oxygen atoms in total. The lowest BCUT2D eigenvalue weighted by atomic mass is 9.95. The topological polar surface area (TPSA) is 68.0 Å². The fourth-order valence-corrected chi connectivity index (χ4v) is 3.32. The Kier molecular flexibility index (Phi) is 4.67. The number of para-hydroxylation sites is 1. The molecule has 0 saturated carbocycles. The molecule has 0 aliphatic carbocycles. The number of thioether (sulfide) groups is 1. The number of thiazole rings is 1. The number of amides is 1. The zero-order valence-electron chi connectivity index (χ0n) is 11.4. The summed E-state index contributed by atoms with van der Waals surface area (Å²) in [5.74, 6) is 0.682. The van der Waals surface area contributed by atoms with Gasteiger partial charge in [0.15, 0.2) is 5.13 Å². The first-order valence-electron chi connectivity index (χ1n) is 6.18. The summed E-state index contributed by atoms with van der Waals surface area (Å²) in [7, 11) is 0. The number of nitrogens with one attached hydrogen (secondary N) is 1. The molecule has 20 heavy (non-hydrogen) atoms. The van der Waals surface area contributed by atoms with Crippen molar-refractivity contribution in [3.8, 4) is 0 Å². The molecule has 0 atom stereocenters. The van der Waals surface area contributed by atoms with Crippen molar-refractivity contribution in [3.05, 3.63) is 36.5 Å². The Morgan fingerprint density at radius 2 is 2.10 bits per heavy atom. The van der Waals surface area contributed by atoms with Crippen LogP contribution in [0.15, 0.2) is 40.7 Å². The zero-order valence-corrected chi connectivity index (χ0v) is 13.1. The van der Waals surface area contributed by atoms with Crippen molar-refractivity contribution in [2.24, 2.45) is 5.41 Å². The van der Waals surface area contributed by atoms with E-state index in [1.165, 1.54) is 11.3 Å². The third kappa shape index (κ3) is 3.98. The minimum absolute atomic E-state index is 0.00804. The van der Waals surface area contributed by atoms with E-state index in [0.29, 0.717) is 10.9 Å². The van der Waals surface area contributed by atoms with Crippen LogP contribution in [0.2, 0.25) is 0 Å². The first-order chi connectivity index (χ1) is 9.47. The Morgan fingerprint density at radius 3 is 2.70 bits per heavy atom. The van der Waals surface area contributed by atoms with E-state index < -0.39 is 5.41 Å². The highest BCUT2D eigenvalue weighted by molar-refractivity contribution is 8.01. The van der Waals surface area contributed by atoms with E-state index in [4.69, 9.17) is 5.73 Å². The third-order valence-electron chi connectivity index (χ3n) is 2.72. The van der Waals surface area contributed by atoms with Crippen molar-refractivity contribution < 1.29 is 4.79 Å². The molecule has 0 radical (unpaired) electrons. The number of rotatable bonds is 5. The van der Waals surface area contributed by atoms with Gasteiger partial charge < -0.3 is 11.1 Å². The second-order valence-electron chi connectivity index (χ2n) is 5.01. The molecule has 2 rings (SSSR count). The number of carbonyl (C=O) groups excluding carboxylic acids is 1. The first-order valence-corrected chi connectivity index (χ1v) is 7.98. The maximum atomic E-state index is 12.3. The van der Waals surface area contributed by atoms with Gasteiger partial charge in [-0.1, -0.05) is 43.4 Å². The van der Waals surface area contributed by atoms with E-state index in [1.54, 1.807) is 18.0 Å². The maximum Gasteiger partial charge on any atom is 0.230 e. The maximum absolute atomic E-state index is 12.3. The molecular formula is C14H17N3OS2. The lowest BCUT2D eigenvalue weighted by Gasteiger charge is -2.22. The SMILES string of the molecule is CC(C)(CSc1cnc(N)s1)C(=O)Nc1ccccc1. The molecule has 106 valence electrons. The van der Waals surface area contributed by atoms with Crippen LogP contribution in [0.5, 0.6) is 0 Å². The molecule has 0 saturated heterocycles. The van der Waals surface area contributed by atoms with Crippen LogP contribution >= 0.6 is 23.1 Å². The number of anilines is 2. The summed E-state index contributed by atoms with van der Waals surface area (Å²) in [6.07, 6.45) is 1.75. The van der Waals surface area contributed by atoms with Crippen LogP contribution in [-0.2, 0) is 4.79 Å². The van der Waals surface area contributed by atoms with Gasteiger partial charge in [-0.05, 0) is 12.1 Å². The predicted octanol–water partition coefficient (Wildman–Crippen LogP) is 3.48. The monoisotopic (exact) mass is 307 g/mol. The average Bonchev–Trinajstić information content (AvgIpc) is 2.83. The molecule has 1 amide bonds. The van der Waals surface area contributed by atoms with Gasteiger partial charge in [-0.15, -0.1) is 11.8 Å². The van der Waals surface area contributed by atoms with Crippen molar-refractivity contribution in [1.82, 2.24) is 4.98 Å². The van der Waals surface area contributed by atoms with Crippen LogP contribution in [0.25, 0.3) is 0 Å². The van der Waals surface area contributed by atoms with Gasteiger partial charge in [0.2, 0.25) is 5.91 Å². The van der Waals surface area contributed by atoms with E-state index in [0.717, 1.165) is 9.90 Å². The fourth-order valence-electron chi connectivity index (χ4n) is 1.48. The summed E-state index contributed by atoms with van der Waals surface area (Å²) in [5.41, 5.74) is 5.94. The zero-order chi connectivity index (χ0) is 14.6. The van der Waals surface area contributed by atoms with Gasteiger partial charge in [0, 0.05) is 11.4 Å². The Morgan fingerprint density at radius 1 is 1.40 bits per heavy atom. The average molecular weight is 307 g/mol. The smallest absolute Gasteiger partial charge is 0.230 e. The van der Waals surface area contributed by atoms with Crippen molar-refractivity contribution in [1.29, 1.82) is 0 Å². The van der Waals surface area contributed by atoms with E-state index in [1.807, 2.05) is 44.2 Å². The molecule has 0 bridgehead atoms. The molecule has 3 N–H and O–H groups in total. The number of nitrogen functional groups attached to an aromatic ring is 1. The molecule has 0 aliphatic heterocycles. The van der Waals surface area contributed by atoms with Crippen LogP contribution in [0.1, 0.15) is 13.8 Å². The van der Waals surface area contributed by atoms with E-state index in [-0.39, 0.29) is 5.91 Å². The van der Waals surface area contributed by atoms with E-state index in [9.17, 15) is 4.79 Å². The highest BCUT2D eigenvalue weighted by Crippen LogP contribution is 2.32. The molecular weight excluding hydrogens is 290 g/mol. The quantitative estimate of drug-likeness (QED) is 0.830. The van der Waals surface area contributed by atoms with Crippen LogP contribution < -0.4 is 11.1 Å².